The molecule has 2 fully saturated rings. The Labute approximate surface area is 278 Å². The molecule has 46 heavy (non-hydrogen) atoms. The summed E-state index contributed by atoms with van der Waals surface area (Å²) in [6.07, 6.45) is 7.04. The molecule has 3 aliphatic rings. The minimum absolute atomic E-state index is 0.0913. The number of nitrogens with one attached hydrogen (secondary N) is 1. The predicted molar refractivity (Wildman–Crippen MR) is 183 cm³/mol. The number of hydrogen-bond donors (Lipinski definition) is 3. The van der Waals surface area contributed by atoms with Crippen molar-refractivity contribution in [3.8, 4) is 28.4 Å². The van der Waals surface area contributed by atoms with Gasteiger partial charge >= 0.3 is 0 Å². The van der Waals surface area contributed by atoms with Crippen LogP contribution in [0, 0.1) is 6.92 Å². The summed E-state index contributed by atoms with van der Waals surface area (Å²) in [4.78, 5) is 2.31. The Kier molecular flexibility index (Phi) is 11.1. The van der Waals surface area contributed by atoms with Gasteiger partial charge in [-0.3, -0.25) is 0 Å². The molecule has 1 heterocycles. The molecule has 0 bridgehead atoms. The second-order valence-electron chi connectivity index (χ2n) is 13.1. The average Bonchev–Trinajstić information content (AvgIpc) is 3.67. The smallest absolute Gasteiger partial charge is 0.142 e. The van der Waals surface area contributed by atoms with E-state index in [-0.39, 0.29) is 24.4 Å². The van der Waals surface area contributed by atoms with Crippen molar-refractivity contribution < 1.29 is 24.4 Å². The van der Waals surface area contributed by atoms with Crippen molar-refractivity contribution in [3.05, 3.63) is 75.8 Å². The Morgan fingerprint density at radius 1 is 0.935 bits per heavy atom. The number of likely N-dealkylation sites (tertiary alicyclic amines) is 1. The van der Waals surface area contributed by atoms with Gasteiger partial charge in [-0.2, -0.15) is 0 Å². The van der Waals surface area contributed by atoms with Gasteiger partial charge in [0.25, 0.3) is 0 Å². The van der Waals surface area contributed by atoms with Crippen molar-refractivity contribution in [1.82, 2.24) is 10.2 Å². The zero-order valence-corrected chi connectivity index (χ0v) is 28.0. The van der Waals surface area contributed by atoms with E-state index in [1.165, 1.54) is 22.3 Å². The molecule has 7 nitrogen and oxygen atoms in total. The second kappa shape index (κ2) is 15.4. The van der Waals surface area contributed by atoms with Crippen molar-refractivity contribution in [2.45, 2.75) is 96.1 Å². The van der Waals surface area contributed by atoms with Crippen LogP contribution in [0.1, 0.15) is 80.2 Å². The highest BCUT2D eigenvalue weighted by atomic mass is 35.5. The first-order valence-corrected chi connectivity index (χ1v) is 17.6. The SMILES string of the molecule is CCOc1cc(O[C@H]2CCc3c(-c4cccc(OCCCN5CC[C@@H](O)C5)c4C)cccc32)c(Cl)cc1CN[C@@H]1CCCC[C@@H]1O. The molecule has 6 rings (SSSR count). The lowest BCUT2D eigenvalue weighted by atomic mass is 9.92. The van der Waals surface area contributed by atoms with Crippen LogP contribution in [0.4, 0.5) is 0 Å². The van der Waals surface area contributed by atoms with E-state index in [1.807, 2.05) is 19.1 Å². The van der Waals surface area contributed by atoms with Crippen LogP contribution in [0.3, 0.4) is 0 Å². The van der Waals surface area contributed by atoms with E-state index in [1.54, 1.807) is 0 Å². The van der Waals surface area contributed by atoms with Crippen LogP contribution < -0.4 is 19.5 Å². The fourth-order valence-electron chi connectivity index (χ4n) is 7.38. The Morgan fingerprint density at radius 2 is 1.76 bits per heavy atom. The lowest BCUT2D eigenvalue weighted by molar-refractivity contribution is 0.0901. The predicted octanol–water partition coefficient (Wildman–Crippen LogP) is 7.01. The van der Waals surface area contributed by atoms with Gasteiger partial charge in [-0.05, 0) is 92.3 Å². The van der Waals surface area contributed by atoms with Crippen LogP contribution in [-0.2, 0) is 13.0 Å². The molecule has 1 saturated heterocycles. The van der Waals surface area contributed by atoms with E-state index in [4.69, 9.17) is 25.8 Å². The fourth-order valence-corrected chi connectivity index (χ4v) is 7.61. The maximum absolute atomic E-state index is 10.4. The van der Waals surface area contributed by atoms with Crippen LogP contribution in [0.5, 0.6) is 17.2 Å². The minimum atomic E-state index is -0.310. The van der Waals surface area contributed by atoms with Gasteiger partial charge in [-0.25, -0.2) is 0 Å². The number of halogens is 1. The maximum Gasteiger partial charge on any atom is 0.142 e. The Balaban J connectivity index is 1.14. The number of benzene rings is 3. The third-order valence-electron chi connectivity index (χ3n) is 9.88. The number of aliphatic hydroxyl groups excluding tert-OH is 2. The summed E-state index contributed by atoms with van der Waals surface area (Å²) < 4.78 is 18.9. The number of hydrogen-bond acceptors (Lipinski definition) is 7. The number of aliphatic hydroxyl groups is 2. The molecule has 3 aromatic rings. The maximum atomic E-state index is 10.4. The summed E-state index contributed by atoms with van der Waals surface area (Å²) in [5, 5.41) is 24.3. The van der Waals surface area contributed by atoms with E-state index in [2.05, 4.69) is 53.5 Å². The first kappa shape index (κ1) is 33.1. The Hall–Kier alpha value is -2.81. The van der Waals surface area contributed by atoms with E-state index >= 15 is 0 Å². The summed E-state index contributed by atoms with van der Waals surface area (Å²) in [5.74, 6) is 2.31. The molecule has 0 aromatic heterocycles. The third-order valence-corrected chi connectivity index (χ3v) is 10.2. The highest BCUT2D eigenvalue weighted by Crippen LogP contribution is 2.44. The summed E-state index contributed by atoms with van der Waals surface area (Å²) >= 11 is 6.83. The number of ether oxygens (including phenoxy) is 3. The van der Waals surface area contributed by atoms with E-state index < -0.39 is 0 Å². The van der Waals surface area contributed by atoms with Gasteiger partial charge in [0.2, 0.25) is 0 Å². The summed E-state index contributed by atoms with van der Waals surface area (Å²) in [5.41, 5.74) is 7.04. The Bertz CT molecular complexity index is 1480. The van der Waals surface area contributed by atoms with Crippen LogP contribution in [0.15, 0.2) is 48.5 Å². The largest absolute Gasteiger partial charge is 0.493 e. The van der Waals surface area contributed by atoms with Crippen molar-refractivity contribution in [3.63, 3.8) is 0 Å². The molecular weight excluding hydrogens is 600 g/mol. The normalized spacial score (nSPS) is 23.0. The van der Waals surface area contributed by atoms with E-state index in [0.717, 1.165) is 93.6 Å². The van der Waals surface area contributed by atoms with Crippen LogP contribution in [-0.4, -0.2) is 66.2 Å². The van der Waals surface area contributed by atoms with E-state index in [0.29, 0.717) is 30.5 Å². The third kappa shape index (κ3) is 7.66. The lowest BCUT2D eigenvalue weighted by Gasteiger charge is -2.29. The highest BCUT2D eigenvalue weighted by Gasteiger charge is 2.29. The molecule has 3 N–H and O–H groups in total. The quantitative estimate of drug-likeness (QED) is 0.172. The first-order chi connectivity index (χ1) is 22.4. The number of fused-ring (bicyclic) bond motifs is 1. The molecule has 0 amide bonds. The monoisotopic (exact) mass is 648 g/mol. The number of β-amino-alcohol motifs (C(OH)–C–C–N with tert-alkyl or cyclic N) is 1. The van der Waals surface area contributed by atoms with Gasteiger partial charge in [0.05, 0.1) is 30.4 Å². The van der Waals surface area contributed by atoms with Gasteiger partial charge in [0.1, 0.15) is 23.4 Å². The summed E-state index contributed by atoms with van der Waals surface area (Å²) in [6, 6.07) is 16.8. The molecule has 0 radical (unpaired) electrons. The molecule has 1 saturated carbocycles. The molecule has 3 aromatic carbocycles. The first-order valence-electron chi connectivity index (χ1n) is 17.2. The van der Waals surface area contributed by atoms with Crippen molar-refractivity contribution in [2.24, 2.45) is 0 Å². The summed E-state index contributed by atoms with van der Waals surface area (Å²) in [7, 11) is 0. The van der Waals surface area contributed by atoms with Crippen LogP contribution in [0.25, 0.3) is 11.1 Å². The van der Waals surface area contributed by atoms with Gasteiger partial charge in [0.15, 0.2) is 0 Å². The van der Waals surface area contributed by atoms with Gasteiger partial charge in [0, 0.05) is 43.9 Å². The topological polar surface area (TPSA) is 83.4 Å². The van der Waals surface area contributed by atoms with E-state index in [9.17, 15) is 10.2 Å². The molecule has 4 atom stereocenters. The zero-order valence-electron chi connectivity index (χ0n) is 27.3. The van der Waals surface area contributed by atoms with Crippen LogP contribution >= 0.6 is 11.6 Å². The second-order valence-corrected chi connectivity index (χ2v) is 13.5. The van der Waals surface area contributed by atoms with Gasteiger partial charge < -0.3 is 34.6 Å². The standard InChI is InChI=1S/C38H49ClN2O5/c1-3-44-37-22-38(32(39)21-26(37)23-40-33-12-4-5-13-34(33)43)46-36-16-15-30-29(10-6-11-31(30)36)28-9-7-14-35(25(28)2)45-20-8-18-41-19-17-27(42)24-41/h6-7,9-11,14,21-22,27,33-34,36,40,42-43H,3-5,8,12-13,15-20,23-24H2,1-2H3/t27-,33-,34+,36+/m1/s1. The van der Waals surface area contributed by atoms with Gasteiger partial charge in [-0.15, -0.1) is 0 Å². The Morgan fingerprint density at radius 3 is 2.57 bits per heavy atom. The fraction of sp³-hybridized carbons (Fsp3) is 0.526. The van der Waals surface area contributed by atoms with Crippen molar-refractivity contribution >= 4 is 11.6 Å². The summed E-state index contributed by atoms with van der Waals surface area (Å²) in [6.45, 7) is 8.59. The van der Waals surface area contributed by atoms with Crippen molar-refractivity contribution in [2.75, 3.05) is 32.8 Å². The molecule has 1 aliphatic heterocycles. The zero-order chi connectivity index (χ0) is 32.0. The highest BCUT2D eigenvalue weighted by molar-refractivity contribution is 6.32. The molecule has 248 valence electrons. The minimum Gasteiger partial charge on any atom is -0.493 e. The lowest BCUT2D eigenvalue weighted by Crippen LogP contribution is -2.41. The molecule has 2 aliphatic carbocycles. The van der Waals surface area contributed by atoms with Gasteiger partial charge in [-0.1, -0.05) is 54.8 Å². The molecular formula is C38H49ClN2O5. The number of nitrogens with zero attached hydrogens (tertiary/aromatic N) is 1. The molecule has 8 heteroatoms. The van der Waals surface area contributed by atoms with Crippen LogP contribution in [0.2, 0.25) is 5.02 Å². The molecule has 0 spiro atoms. The number of rotatable bonds is 13. The van der Waals surface area contributed by atoms with Crippen molar-refractivity contribution in [1.29, 1.82) is 0 Å². The average molecular weight is 649 g/mol. The molecule has 0 unspecified atom stereocenters.